The number of nitro groups is 1. The van der Waals surface area contributed by atoms with E-state index in [1.807, 2.05) is 0 Å². The first kappa shape index (κ1) is 19.7. The molecule has 10 heteroatoms. The van der Waals surface area contributed by atoms with Gasteiger partial charge in [0.05, 0.1) is 27.1 Å². The zero-order chi connectivity index (χ0) is 21.3. The summed E-state index contributed by atoms with van der Waals surface area (Å²) < 4.78 is 12.8. The van der Waals surface area contributed by atoms with Gasteiger partial charge >= 0.3 is 0 Å². The molecule has 9 nitrogen and oxygen atoms in total. The van der Waals surface area contributed by atoms with Crippen molar-refractivity contribution < 1.29 is 18.9 Å². The van der Waals surface area contributed by atoms with Crippen LogP contribution in [0.15, 0.2) is 62.9 Å². The second-order valence-electron chi connectivity index (χ2n) is 6.33. The van der Waals surface area contributed by atoms with Gasteiger partial charge in [0.2, 0.25) is 5.43 Å². The van der Waals surface area contributed by atoms with Crippen molar-refractivity contribution in [2.45, 2.75) is 6.54 Å². The number of hydrogen-bond donors (Lipinski definition) is 0. The standard InChI is InChI=1S/C20H15N3O6S/c1-28-9-8-22-15-7-6-12(23(26)27)10-17(15)30-20(22)21-19(25)14-11-29-16-5-3-2-4-13(16)18(14)24/h2-7,10-11H,8-9H2,1H3. The topological polar surface area (TPSA) is 117 Å². The number of hydrogen-bond acceptors (Lipinski definition) is 7. The van der Waals surface area contributed by atoms with Crippen LogP contribution in [-0.4, -0.2) is 29.1 Å². The van der Waals surface area contributed by atoms with E-state index in [-0.39, 0.29) is 16.6 Å². The Morgan fingerprint density at radius 1 is 1.30 bits per heavy atom. The van der Waals surface area contributed by atoms with Crippen LogP contribution in [0.25, 0.3) is 21.2 Å². The molecule has 0 bridgehead atoms. The Bertz CT molecular complexity index is 1420. The van der Waals surface area contributed by atoms with E-state index in [2.05, 4.69) is 4.99 Å². The van der Waals surface area contributed by atoms with Crippen LogP contribution in [-0.2, 0) is 11.3 Å². The van der Waals surface area contributed by atoms with Gasteiger partial charge in [-0.1, -0.05) is 23.5 Å². The first-order chi connectivity index (χ1) is 14.5. The van der Waals surface area contributed by atoms with Crippen molar-refractivity contribution in [1.82, 2.24) is 4.57 Å². The SMILES string of the molecule is COCCn1c(=NC(=O)c2coc3ccccc3c2=O)sc2cc([N+](=O)[O-])ccc21. The molecule has 1 amide bonds. The van der Waals surface area contributed by atoms with Crippen molar-refractivity contribution in [1.29, 1.82) is 0 Å². The number of aromatic nitrogens is 1. The van der Waals surface area contributed by atoms with E-state index in [9.17, 15) is 19.7 Å². The minimum atomic E-state index is -0.748. The number of benzene rings is 2. The number of carbonyl (C=O) groups is 1. The first-order valence-electron chi connectivity index (χ1n) is 8.86. The van der Waals surface area contributed by atoms with Gasteiger partial charge < -0.3 is 13.7 Å². The Labute approximate surface area is 172 Å². The Hall–Kier alpha value is -3.63. The summed E-state index contributed by atoms with van der Waals surface area (Å²) in [6.07, 6.45) is 1.11. The highest BCUT2D eigenvalue weighted by molar-refractivity contribution is 7.16. The molecule has 0 atom stereocenters. The van der Waals surface area contributed by atoms with Gasteiger partial charge in [-0.3, -0.25) is 19.7 Å². The van der Waals surface area contributed by atoms with Crippen molar-refractivity contribution in [3.8, 4) is 0 Å². The Morgan fingerprint density at radius 3 is 2.87 bits per heavy atom. The third-order valence-corrected chi connectivity index (χ3v) is 5.54. The zero-order valence-corrected chi connectivity index (χ0v) is 16.5. The second-order valence-corrected chi connectivity index (χ2v) is 7.34. The molecule has 30 heavy (non-hydrogen) atoms. The number of amides is 1. The van der Waals surface area contributed by atoms with E-state index in [0.717, 1.165) is 17.6 Å². The minimum absolute atomic E-state index is 0.0595. The highest BCUT2D eigenvalue weighted by Crippen LogP contribution is 2.23. The summed E-state index contributed by atoms with van der Waals surface area (Å²) in [5.41, 5.74) is 0.347. The lowest BCUT2D eigenvalue weighted by atomic mass is 10.2. The fourth-order valence-corrected chi connectivity index (χ4v) is 4.12. The van der Waals surface area contributed by atoms with E-state index in [1.54, 1.807) is 42.0 Å². The average Bonchev–Trinajstić information content (AvgIpc) is 3.08. The van der Waals surface area contributed by atoms with Gasteiger partial charge in [-0.15, -0.1) is 0 Å². The lowest BCUT2D eigenvalue weighted by Crippen LogP contribution is -2.21. The van der Waals surface area contributed by atoms with Crippen LogP contribution >= 0.6 is 11.3 Å². The molecule has 0 saturated heterocycles. The number of nitrogens with zero attached hydrogens (tertiary/aromatic N) is 3. The summed E-state index contributed by atoms with van der Waals surface area (Å²) in [5.74, 6) is -0.748. The lowest BCUT2D eigenvalue weighted by molar-refractivity contribution is -0.384. The van der Waals surface area contributed by atoms with Crippen LogP contribution in [0.4, 0.5) is 5.69 Å². The fraction of sp³-hybridized carbons (Fsp3) is 0.150. The Morgan fingerprint density at radius 2 is 2.10 bits per heavy atom. The molecular formula is C20H15N3O6S. The van der Waals surface area contributed by atoms with Crippen molar-refractivity contribution in [2.24, 2.45) is 4.99 Å². The molecule has 0 N–H and O–H groups in total. The number of rotatable bonds is 5. The largest absolute Gasteiger partial charge is 0.463 e. The molecule has 0 fully saturated rings. The van der Waals surface area contributed by atoms with Crippen LogP contribution < -0.4 is 10.2 Å². The van der Waals surface area contributed by atoms with E-state index < -0.39 is 16.3 Å². The number of fused-ring (bicyclic) bond motifs is 2. The van der Waals surface area contributed by atoms with Crippen LogP contribution in [0, 0.1) is 10.1 Å². The molecule has 0 aliphatic carbocycles. The van der Waals surface area contributed by atoms with E-state index in [4.69, 9.17) is 9.15 Å². The summed E-state index contributed by atoms with van der Waals surface area (Å²) in [6.45, 7) is 0.731. The number of para-hydroxylation sites is 1. The second kappa shape index (κ2) is 8.01. The maximum atomic E-state index is 12.8. The average molecular weight is 425 g/mol. The van der Waals surface area contributed by atoms with Crippen molar-refractivity contribution in [3.63, 3.8) is 0 Å². The molecule has 2 aromatic carbocycles. The van der Waals surface area contributed by atoms with Gasteiger partial charge in [0.25, 0.3) is 11.6 Å². The van der Waals surface area contributed by atoms with Gasteiger partial charge in [0, 0.05) is 25.8 Å². The summed E-state index contributed by atoms with van der Waals surface area (Å²) in [6, 6.07) is 11.1. The number of ether oxygens (including phenoxy) is 1. The number of thiazole rings is 1. The summed E-state index contributed by atoms with van der Waals surface area (Å²) in [7, 11) is 1.54. The Balaban J connectivity index is 1.86. The number of nitro benzene ring substituents is 1. The van der Waals surface area contributed by atoms with Crippen molar-refractivity contribution >= 4 is 44.1 Å². The van der Waals surface area contributed by atoms with E-state index in [1.165, 1.54) is 12.1 Å². The molecule has 0 unspecified atom stereocenters. The van der Waals surface area contributed by atoms with Crippen LogP contribution in [0.5, 0.6) is 0 Å². The van der Waals surface area contributed by atoms with Crippen LogP contribution in [0.3, 0.4) is 0 Å². The number of carbonyl (C=O) groups excluding carboxylic acids is 1. The van der Waals surface area contributed by atoms with E-state index >= 15 is 0 Å². The fourth-order valence-electron chi connectivity index (χ4n) is 3.03. The molecule has 0 aliphatic rings. The molecule has 0 radical (unpaired) electrons. The van der Waals surface area contributed by atoms with Crippen molar-refractivity contribution in [3.05, 3.63) is 79.4 Å². The van der Waals surface area contributed by atoms with Crippen molar-refractivity contribution in [2.75, 3.05) is 13.7 Å². The molecule has 2 heterocycles. The maximum Gasteiger partial charge on any atom is 0.286 e. The minimum Gasteiger partial charge on any atom is -0.463 e. The predicted octanol–water partition coefficient (Wildman–Crippen LogP) is 3.10. The maximum absolute atomic E-state index is 12.8. The zero-order valence-electron chi connectivity index (χ0n) is 15.7. The third kappa shape index (κ3) is 3.53. The third-order valence-electron chi connectivity index (χ3n) is 4.50. The van der Waals surface area contributed by atoms with Crippen LogP contribution in [0.1, 0.15) is 10.4 Å². The molecule has 4 aromatic rings. The van der Waals surface area contributed by atoms with Gasteiger partial charge in [-0.2, -0.15) is 4.99 Å². The monoisotopic (exact) mass is 425 g/mol. The summed E-state index contributed by atoms with van der Waals surface area (Å²) in [5, 5.41) is 11.4. The molecule has 0 saturated carbocycles. The molecule has 0 aliphatic heterocycles. The van der Waals surface area contributed by atoms with Gasteiger partial charge in [0.15, 0.2) is 4.80 Å². The number of methoxy groups -OCH3 is 1. The highest BCUT2D eigenvalue weighted by atomic mass is 32.1. The van der Waals surface area contributed by atoms with Gasteiger partial charge in [-0.25, -0.2) is 0 Å². The van der Waals surface area contributed by atoms with E-state index in [0.29, 0.717) is 33.8 Å². The molecular weight excluding hydrogens is 410 g/mol. The van der Waals surface area contributed by atoms with Crippen LogP contribution in [0.2, 0.25) is 0 Å². The predicted molar refractivity (Wildman–Crippen MR) is 111 cm³/mol. The smallest absolute Gasteiger partial charge is 0.286 e. The number of non-ortho nitro benzene ring substituents is 1. The normalized spacial score (nSPS) is 12.0. The molecule has 0 spiro atoms. The first-order valence-corrected chi connectivity index (χ1v) is 9.67. The quantitative estimate of drug-likeness (QED) is 0.358. The Kier molecular flexibility index (Phi) is 5.25. The summed E-state index contributed by atoms with van der Waals surface area (Å²) >= 11 is 1.12. The molecule has 4 rings (SSSR count). The lowest BCUT2D eigenvalue weighted by Gasteiger charge is -2.04. The van der Waals surface area contributed by atoms with Gasteiger partial charge in [0.1, 0.15) is 17.4 Å². The highest BCUT2D eigenvalue weighted by Gasteiger charge is 2.16. The summed E-state index contributed by atoms with van der Waals surface area (Å²) in [4.78, 5) is 40.5. The molecule has 152 valence electrons. The molecule has 2 aromatic heterocycles. The van der Waals surface area contributed by atoms with Gasteiger partial charge in [-0.05, 0) is 18.2 Å².